The van der Waals surface area contributed by atoms with Crippen molar-refractivity contribution in [2.45, 2.75) is 52.6 Å². The Morgan fingerprint density at radius 2 is 1.88 bits per heavy atom. The summed E-state index contributed by atoms with van der Waals surface area (Å²) >= 11 is 1.38. The Balaban J connectivity index is 1.65. The number of aryl methyl sites for hydroxylation is 1. The van der Waals surface area contributed by atoms with Gasteiger partial charge in [-0.15, -0.1) is 0 Å². The summed E-state index contributed by atoms with van der Waals surface area (Å²) in [5.74, 6) is 0.193. The van der Waals surface area contributed by atoms with Crippen molar-refractivity contribution in [3.63, 3.8) is 0 Å². The molecule has 2 aliphatic heterocycles. The molecule has 1 aromatic rings. The van der Waals surface area contributed by atoms with Crippen LogP contribution in [0.1, 0.15) is 45.6 Å². The summed E-state index contributed by atoms with van der Waals surface area (Å²) in [6.07, 6.45) is 3.80. The van der Waals surface area contributed by atoms with Gasteiger partial charge in [-0.1, -0.05) is 0 Å². The molecule has 1 spiro atoms. The molecule has 1 aromatic heterocycles. The standard InChI is InChI=1S/C17H25N3O3S/c1-12-11-18-24-13(12)20-10-7-17(14(20)21)5-8-19(9-6-17)15(22)23-16(2,3)4/h11H,5-10H2,1-4H3. The number of piperidine rings is 1. The lowest BCUT2D eigenvalue weighted by Gasteiger charge is -2.38. The second-order valence-corrected chi connectivity index (χ2v) is 8.55. The van der Waals surface area contributed by atoms with Gasteiger partial charge in [0.1, 0.15) is 10.6 Å². The lowest BCUT2D eigenvalue weighted by Crippen LogP contribution is -2.48. The van der Waals surface area contributed by atoms with Crippen LogP contribution in [0.4, 0.5) is 9.80 Å². The first-order valence-electron chi connectivity index (χ1n) is 8.43. The maximum absolute atomic E-state index is 13.0. The third-order valence-electron chi connectivity index (χ3n) is 4.85. The fourth-order valence-electron chi connectivity index (χ4n) is 3.47. The van der Waals surface area contributed by atoms with E-state index in [9.17, 15) is 9.59 Å². The average Bonchev–Trinajstić information content (AvgIpc) is 3.04. The molecule has 132 valence electrons. The van der Waals surface area contributed by atoms with Crippen LogP contribution in [0.5, 0.6) is 0 Å². The van der Waals surface area contributed by atoms with E-state index in [2.05, 4.69) is 4.37 Å². The van der Waals surface area contributed by atoms with Gasteiger partial charge in [0.15, 0.2) is 0 Å². The Hall–Kier alpha value is -1.63. The second-order valence-electron chi connectivity index (χ2n) is 7.77. The smallest absolute Gasteiger partial charge is 0.410 e. The molecule has 24 heavy (non-hydrogen) atoms. The third kappa shape index (κ3) is 3.14. The lowest BCUT2D eigenvalue weighted by atomic mass is 9.77. The van der Waals surface area contributed by atoms with Gasteiger partial charge in [0, 0.05) is 31.4 Å². The summed E-state index contributed by atoms with van der Waals surface area (Å²) in [5.41, 5.74) is 0.238. The normalized spacial score (nSPS) is 20.8. The van der Waals surface area contributed by atoms with Crippen molar-refractivity contribution < 1.29 is 14.3 Å². The van der Waals surface area contributed by atoms with Crippen LogP contribution in [0.3, 0.4) is 0 Å². The van der Waals surface area contributed by atoms with Crippen LogP contribution in [-0.4, -0.2) is 46.5 Å². The fraction of sp³-hybridized carbons (Fsp3) is 0.706. The van der Waals surface area contributed by atoms with E-state index in [-0.39, 0.29) is 17.4 Å². The Labute approximate surface area is 146 Å². The average molecular weight is 351 g/mol. The number of likely N-dealkylation sites (tertiary alicyclic amines) is 1. The number of nitrogens with zero attached hydrogens (tertiary/aromatic N) is 3. The monoisotopic (exact) mass is 351 g/mol. The van der Waals surface area contributed by atoms with Gasteiger partial charge < -0.3 is 14.5 Å². The van der Waals surface area contributed by atoms with Gasteiger partial charge in [-0.25, -0.2) is 4.79 Å². The topological polar surface area (TPSA) is 62.7 Å². The first-order chi connectivity index (χ1) is 11.2. The highest BCUT2D eigenvalue weighted by molar-refractivity contribution is 7.10. The van der Waals surface area contributed by atoms with Crippen LogP contribution in [0.25, 0.3) is 0 Å². The molecule has 6 nitrogen and oxygen atoms in total. The van der Waals surface area contributed by atoms with Crippen LogP contribution >= 0.6 is 11.5 Å². The van der Waals surface area contributed by atoms with Crippen LogP contribution in [0, 0.1) is 12.3 Å². The Kier molecular flexibility index (Phi) is 4.32. The van der Waals surface area contributed by atoms with Crippen molar-refractivity contribution in [1.29, 1.82) is 0 Å². The lowest BCUT2D eigenvalue weighted by molar-refractivity contribution is -0.128. The predicted molar refractivity (Wildman–Crippen MR) is 93.3 cm³/mol. The number of hydrogen-bond acceptors (Lipinski definition) is 5. The number of rotatable bonds is 1. The number of carbonyl (C=O) groups is 2. The van der Waals surface area contributed by atoms with E-state index in [0.29, 0.717) is 25.9 Å². The quantitative estimate of drug-likeness (QED) is 0.779. The van der Waals surface area contributed by atoms with Gasteiger partial charge in [-0.3, -0.25) is 4.79 Å². The van der Waals surface area contributed by atoms with E-state index in [1.165, 1.54) is 11.5 Å². The maximum atomic E-state index is 13.0. The Morgan fingerprint density at radius 3 is 2.42 bits per heavy atom. The third-order valence-corrected chi connectivity index (χ3v) is 5.78. The maximum Gasteiger partial charge on any atom is 0.410 e. The number of anilines is 1. The minimum Gasteiger partial charge on any atom is -0.444 e. The van der Waals surface area contributed by atoms with Gasteiger partial charge in [-0.2, -0.15) is 4.37 Å². The minimum atomic E-state index is -0.490. The van der Waals surface area contributed by atoms with E-state index < -0.39 is 5.60 Å². The Bertz CT molecular complexity index is 642. The number of carbonyl (C=O) groups excluding carboxylic acids is 2. The first kappa shape index (κ1) is 17.2. The zero-order valence-corrected chi connectivity index (χ0v) is 15.6. The molecular formula is C17H25N3O3S. The van der Waals surface area contributed by atoms with E-state index in [1.807, 2.05) is 38.8 Å². The zero-order chi connectivity index (χ0) is 17.5. The number of amides is 2. The number of ether oxygens (including phenoxy) is 1. The molecule has 0 unspecified atom stereocenters. The summed E-state index contributed by atoms with van der Waals surface area (Å²) in [4.78, 5) is 28.8. The van der Waals surface area contributed by atoms with Crippen LogP contribution in [-0.2, 0) is 9.53 Å². The molecule has 0 aromatic carbocycles. The van der Waals surface area contributed by atoms with Crippen molar-refractivity contribution in [3.05, 3.63) is 11.8 Å². The molecule has 3 heterocycles. The van der Waals surface area contributed by atoms with E-state index in [1.54, 1.807) is 4.90 Å². The van der Waals surface area contributed by atoms with Crippen molar-refractivity contribution >= 4 is 28.5 Å². The molecule has 2 amide bonds. The SMILES string of the molecule is Cc1cnsc1N1CCC2(CCN(C(=O)OC(C)(C)C)CC2)C1=O. The summed E-state index contributed by atoms with van der Waals surface area (Å²) in [5, 5.41) is 0.964. The van der Waals surface area contributed by atoms with Crippen LogP contribution in [0.15, 0.2) is 6.20 Å². The zero-order valence-electron chi connectivity index (χ0n) is 14.8. The highest BCUT2D eigenvalue weighted by Crippen LogP contribution is 2.44. The summed E-state index contributed by atoms with van der Waals surface area (Å²) in [7, 11) is 0. The molecule has 2 fully saturated rings. The molecular weight excluding hydrogens is 326 g/mol. The molecule has 2 aliphatic rings. The van der Waals surface area contributed by atoms with Gasteiger partial charge in [0.05, 0.1) is 5.41 Å². The molecule has 2 saturated heterocycles. The molecule has 0 bridgehead atoms. The van der Waals surface area contributed by atoms with E-state index >= 15 is 0 Å². The Morgan fingerprint density at radius 1 is 1.25 bits per heavy atom. The summed E-state index contributed by atoms with van der Waals surface area (Å²) < 4.78 is 9.62. The number of aromatic nitrogens is 1. The molecule has 0 radical (unpaired) electrons. The second kappa shape index (κ2) is 6.02. The molecule has 0 saturated carbocycles. The fourth-order valence-corrected chi connectivity index (χ4v) is 4.25. The molecule has 0 N–H and O–H groups in total. The number of hydrogen-bond donors (Lipinski definition) is 0. The first-order valence-corrected chi connectivity index (χ1v) is 9.20. The van der Waals surface area contributed by atoms with Crippen molar-refractivity contribution in [2.75, 3.05) is 24.5 Å². The molecule has 3 rings (SSSR count). The van der Waals surface area contributed by atoms with Crippen LogP contribution < -0.4 is 4.90 Å². The van der Waals surface area contributed by atoms with Crippen molar-refractivity contribution in [2.24, 2.45) is 5.41 Å². The molecule has 0 atom stereocenters. The van der Waals surface area contributed by atoms with Crippen LogP contribution in [0.2, 0.25) is 0 Å². The van der Waals surface area contributed by atoms with Gasteiger partial charge in [0.25, 0.3) is 0 Å². The van der Waals surface area contributed by atoms with E-state index in [4.69, 9.17) is 4.74 Å². The predicted octanol–water partition coefficient (Wildman–Crippen LogP) is 3.21. The highest BCUT2D eigenvalue weighted by Gasteiger charge is 2.49. The minimum absolute atomic E-state index is 0.193. The molecule has 7 heteroatoms. The van der Waals surface area contributed by atoms with Gasteiger partial charge in [-0.05, 0) is 58.5 Å². The molecule has 0 aliphatic carbocycles. The summed E-state index contributed by atoms with van der Waals surface area (Å²) in [6.45, 7) is 9.49. The van der Waals surface area contributed by atoms with Crippen molar-refractivity contribution in [3.8, 4) is 0 Å². The summed E-state index contributed by atoms with van der Waals surface area (Å²) in [6, 6.07) is 0. The highest BCUT2D eigenvalue weighted by atomic mass is 32.1. The van der Waals surface area contributed by atoms with Crippen molar-refractivity contribution in [1.82, 2.24) is 9.27 Å². The van der Waals surface area contributed by atoms with Gasteiger partial charge >= 0.3 is 6.09 Å². The van der Waals surface area contributed by atoms with Gasteiger partial charge in [0.2, 0.25) is 5.91 Å². The largest absolute Gasteiger partial charge is 0.444 e. The van der Waals surface area contributed by atoms with E-state index in [0.717, 1.165) is 23.5 Å².